The lowest BCUT2D eigenvalue weighted by atomic mass is 10.1. The molecule has 0 saturated carbocycles. The Balaban J connectivity index is 0.000000246. The molecule has 2 aromatic carbocycles. The van der Waals surface area contributed by atoms with Crippen molar-refractivity contribution in [1.29, 1.82) is 0 Å². The van der Waals surface area contributed by atoms with Gasteiger partial charge < -0.3 is 51.4 Å². The van der Waals surface area contributed by atoms with Crippen LogP contribution in [0.15, 0.2) is 104 Å². The number of nitrogens with two attached hydrogens (primary N) is 2. The van der Waals surface area contributed by atoms with Crippen molar-refractivity contribution in [2.75, 3.05) is 70.1 Å². The van der Waals surface area contributed by atoms with Crippen molar-refractivity contribution in [3.63, 3.8) is 0 Å². The van der Waals surface area contributed by atoms with E-state index in [0.717, 1.165) is 52.7 Å². The number of hydrogen-bond donors (Lipinski definition) is 4. The number of hydrazine groups is 2. The van der Waals surface area contributed by atoms with Crippen molar-refractivity contribution in [2.24, 2.45) is 11.7 Å². The Bertz CT molecular complexity index is 3310. The van der Waals surface area contributed by atoms with Crippen LogP contribution in [0.2, 0.25) is 5.28 Å². The highest BCUT2D eigenvalue weighted by Crippen LogP contribution is 2.39. The molecule has 474 valence electrons. The number of amides is 4. The minimum absolute atomic E-state index is 0. The van der Waals surface area contributed by atoms with Crippen LogP contribution in [0, 0.1) is 6.92 Å². The number of nitrogens with zero attached hydrogens (tertiary/aromatic N) is 14. The van der Waals surface area contributed by atoms with Crippen molar-refractivity contribution in [3.05, 3.63) is 122 Å². The fourth-order valence-electron chi connectivity index (χ4n) is 9.72. The summed E-state index contributed by atoms with van der Waals surface area (Å²) in [6, 6.07) is 21.0. The standard InChI is InChI=1S/C21H24N6O.C12H16ClN4O.C12H20N6O.C11H13NO.C5H12N2O2.ClH/c1-5-16-20(28)25(4)18-13-22-21(24-19(18)26(16)14(2)3)27-17(11-12-23-27)15-9-7-6-8-10-15;1-5-8-11(18)16(4)9-6-14-12(13)15-10(9)17(8)7(2)3;1-5-8-11(19)17(4)9-6-14-12(16-13)15-10(9)18(8)7(2)3;1-12(2)9-8-11(13)10-6-4-3-5-7-10;1-5(2,3)9-4(8)7-6;/h6-14,16H,5H2,1-4H3;6-8H,1,5H2,2-4H3;6-8H,5,13H2,1-4H3,(H,14,15,16);3-9H,1-2H3;6H2,1-3H3,(H,7,8);1H/q;+1;;;;/b;;;9-8+;;/t16-;2*8-;;;/m111.../s1. The van der Waals surface area contributed by atoms with E-state index in [1.54, 1.807) is 98.4 Å². The number of aromatic nitrogens is 8. The minimum atomic E-state index is -0.609. The second-order valence-electron chi connectivity index (χ2n) is 22.3. The number of nitrogen functional groups attached to an aromatic ring is 1. The van der Waals surface area contributed by atoms with Crippen molar-refractivity contribution in [1.82, 2.24) is 45.0 Å². The first-order valence-electron chi connectivity index (χ1n) is 28.7. The maximum Gasteiger partial charge on any atom is 0.421 e. The number of H-pyrrole nitrogens is 1. The van der Waals surface area contributed by atoms with Crippen LogP contribution < -0.4 is 69.3 Å². The third-order valence-electron chi connectivity index (χ3n) is 13.8. The summed E-state index contributed by atoms with van der Waals surface area (Å²) in [4.78, 5) is 97.0. The molecule has 7 N–H and O–H groups in total. The number of benzene rings is 2. The van der Waals surface area contributed by atoms with E-state index < -0.39 is 11.7 Å². The predicted octanol–water partition coefficient (Wildman–Crippen LogP) is 4.70. The maximum absolute atomic E-state index is 12.8. The first-order chi connectivity index (χ1) is 41.2. The molecule has 7 heterocycles. The Labute approximate surface area is 528 Å². The molecule has 27 heteroatoms. The van der Waals surface area contributed by atoms with Crippen LogP contribution in [0.3, 0.4) is 0 Å². The van der Waals surface area contributed by atoms with Crippen LogP contribution in [0.25, 0.3) is 17.2 Å². The number of rotatable bonds is 12. The van der Waals surface area contributed by atoms with Gasteiger partial charge >= 0.3 is 12.0 Å². The van der Waals surface area contributed by atoms with Crippen LogP contribution >= 0.6 is 11.6 Å². The first-order valence-corrected chi connectivity index (χ1v) is 29.0. The third-order valence-corrected chi connectivity index (χ3v) is 14.0. The normalized spacial score (nSPS) is 15.9. The fraction of sp³-hybridized carbons (Fsp3) is 0.426. The van der Waals surface area contributed by atoms with Gasteiger partial charge in [0.1, 0.15) is 41.2 Å². The van der Waals surface area contributed by atoms with E-state index in [-0.39, 0.29) is 77.4 Å². The second-order valence-corrected chi connectivity index (χ2v) is 22.7. The zero-order valence-corrected chi connectivity index (χ0v) is 54.7. The number of hydrogen-bond acceptors (Lipinski definition) is 19. The van der Waals surface area contributed by atoms with Crippen LogP contribution in [0.5, 0.6) is 0 Å². The van der Waals surface area contributed by atoms with Crippen LogP contribution in [0.1, 0.15) is 106 Å². The van der Waals surface area contributed by atoms with E-state index in [1.165, 1.54) is 0 Å². The summed E-state index contributed by atoms with van der Waals surface area (Å²) in [5, 5.41) is 4.63. The molecule has 0 aliphatic carbocycles. The Morgan fingerprint density at radius 1 is 0.727 bits per heavy atom. The molecular weight excluding hydrogens is 1170 g/mol. The lowest BCUT2D eigenvalue weighted by Gasteiger charge is -2.42. The topological polar surface area (TPSA) is 290 Å². The molecule has 0 fully saturated rings. The van der Waals surface area contributed by atoms with Crippen LogP contribution in [-0.4, -0.2) is 146 Å². The maximum atomic E-state index is 12.8. The van der Waals surface area contributed by atoms with Crippen LogP contribution in [0.4, 0.5) is 45.3 Å². The van der Waals surface area contributed by atoms with Gasteiger partial charge in [-0.3, -0.25) is 24.6 Å². The van der Waals surface area contributed by atoms with Gasteiger partial charge in [0.15, 0.2) is 23.5 Å². The van der Waals surface area contributed by atoms with E-state index in [9.17, 15) is 24.0 Å². The summed E-state index contributed by atoms with van der Waals surface area (Å²) in [5.74, 6) is 13.6. The van der Waals surface area contributed by atoms with E-state index >= 15 is 0 Å². The zero-order valence-electron chi connectivity index (χ0n) is 53.2. The van der Waals surface area contributed by atoms with E-state index in [0.29, 0.717) is 29.8 Å². The van der Waals surface area contributed by atoms with Gasteiger partial charge in [0, 0.05) is 76.8 Å². The summed E-state index contributed by atoms with van der Waals surface area (Å²) >= 11 is 5.85. The van der Waals surface area contributed by atoms with Gasteiger partial charge in [0.25, 0.3) is 11.9 Å². The summed E-state index contributed by atoms with van der Waals surface area (Å²) in [5.41, 5.74) is 8.75. The average molecular weight is 1250 g/mol. The Kier molecular flexibility index (Phi) is 26.4. The molecule has 0 bridgehead atoms. The van der Waals surface area contributed by atoms with Crippen molar-refractivity contribution >= 4 is 81.7 Å². The zero-order chi connectivity index (χ0) is 64.6. The Hall–Kier alpha value is -8.65. The van der Waals surface area contributed by atoms with Gasteiger partial charge in [-0.25, -0.2) is 31.0 Å². The fourth-order valence-corrected chi connectivity index (χ4v) is 9.85. The molecule has 4 amide bonds. The van der Waals surface area contributed by atoms with Crippen LogP contribution in [-0.2, 0) is 19.1 Å². The molecule has 88 heavy (non-hydrogen) atoms. The highest BCUT2D eigenvalue weighted by atomic mass is 35.5. The quantitative estimate of drug-likeness (QED) is 0.0246. The molecule has 3 aliphatic rings. The smallest absolute Gasteiger partial charge is 0.421 e. The van der Waals surface area contributed by atoms with Crippen molar-refractivity contribution in [3.8, 4) is 17.2 Å². The number of likely N-dealkylation sites (N-methyl/N-ethyl adjacent to an activating group) is 3. The van der Waals surface area contributed by atoms with E-state index in [1.807, 2.05) is 129 Å². The van der Waals surface area contributed by atoms with Gasteiger partial charge in [-0.05, 0) is 97.8 Å². The summed E-state index contributed by atoms with van der Waals surface area (Å²) in [6.45, 7) is 25.5. The second kappa shape index (κ2) is 32.4. The number of ether oxygens (including phenoxy) is 1. The molecule has 6 aromatic rings. The largest absolute Gasteiger partial charge is 1.00 e. The number of carbonyl (C=O) groups excluding carboxylic acids is 5. The lowest BCUT2D eigenvalue weighted by molar-refractivity contribution is -0.364. The number of ketones is 1. The average Bonchev–Trinajstić information content (AvgIpc) is 1.17. The third kappa shape index (κ3) is 17.5. The number of aromatic amines is 1. The number of nitrogens with one attached hydrogen (secondary N) is 3. The molecule has 0 unspecified atom stereocenters. The summed E-state index contributed by atoms with van der Waals surface area (Å²) in [7, 11) is 9.04. The number of halogens is 2. The molecular formula is C61H86Cl2N19O6+. The van der Waals surface area contributed by atoms with Crippen molar-refractivity contribution in [2.45, 2.75) is 137 Å². The van der Waals surface area contributed by atoms with Gasteiger partial charge in [-0.1, -0.05) is 74.5 Å². The van der Waals surface area contributed by atoms with Gasteiger partial charge in [0.05, 0.1) is 37.4 Å². The number of allylic oxidation sites excluding steroid dienone is 1. The SMILES string of the molecule is CC(C)(C)OC(=O)NN.CC[C@@H]1C(=O)N(C)c2c[nH+]c(NN)nc2N1C(C)C.CC[C@@H]1C(=O)N(C)c2cnc(-n3nccc3-c3ccccc3)nc2N1C(C)C.CN(C)/C=C/C(=O)c1ccccc1.[CH2+]C[C@@H]1C(=O)N(C)c2cnc(Cl)nc2N1C(C)C.[Cl-]. The Morgan fingerprint density at radius 2 is 1.20 bits per heavy atom. The highest BCUT2D eigenvalue weighted by molar-refractivity contribution is 6.28. The van der Waals surface area contributed by atoms with Gasteiger partial charge in [-0.15, -0.1) is 0 Å². The minimum Gasteiger partial charge on any atom is -1.00 e. The monoisotopic (exact) mass is 1250 g/mol. The molecule has 0 radical (unpaired) electrons. The number of fused-ring (bicyclic) bond motifs is 3. The highest BCUT2D eigenvalue weighted by Gasteiger charge is 2.42. The Morgan fingerprint density at radius 3 is 1.67 bits per heavy atom. The van der Waals surface area contributed by atoms with E-state index in [2.05, 4.69) is 75.0 Å². The van der Waals surface area contributed by atoms with Crippen molar-refractivity contribution < 1.29 is 46.1 Å². The molecule has 25 nitrogen and oxygen atoms in total. The number of anilines is 7. The predicted molar refractivity (Wildman–Crippen MR) is 342 cm³/mol. The summed E-state index contributed by atoms with van der Waals surface area (Å²) in [6.07, 6.45) is 11.4. The summed E-state index contributed by atoms with van der Waals surface area (Å²) < 4.78 is 6.45. The molecule has 3 atom stereocenters. The van der Waals surface area contributed by atoms with Gasteiger partial charge in [-0.2, -0.15) is 25.6 Å². The molecule has 9 rings (SSSR count). The first kappa shape index (κ1) is 71.8. The van der Waals surface area contributed by atoms with Gasteiger partial charge in [0.2, 0.25) is 22.9 Å². The lowest BCUT2D eigenvalue weighted by Crippen LogP contribution is -3.00. The molecule has 3 aliphatic heterocycles. The molecule has 0 saturated heterocycles. The molecule has 0 spiro atoms. The number of carbonyl (C=O) groups is 5. The van der Waals surface area contributed by atoms with E-state index in [4.69, 9.17) is 33.0 Å². The molecule has 4 aromatic heterocycles.